The molecule has 3 heteroatoms. The summed E-state index contributed by atoms with van der Waals surface area (Å²) in [5, 5.41) is 3.04. The molecule has 1 fully saturated rings. The highest BCUT2D eigenvalue weighted by Crippen LogP contribution is 2.23. The molecule has 2 atom stereocenters. The number of carbonyl (C=O) groups excluding carboxylic acids is 1. The van der Waals surface area contributed by atoms with E-state index in [1.807, 2.05) is 0 Å². The Hall–Kier alpha value is -1.35. The Labute approximate surface area is 115 Å². The third kappa shape index (κ3) is 4.35. The molecule has 0 heterocycles. The Morgan fingerprint density at radius 3 is 2.74 bits per heavy atom. The lowest BCUT2D eigenvalue weighted by atomic mass is 9.85. The van der Waals surface area contributed by atoms with Gasteiger partial charge in [0.1, 0.15) is 0 Å². The topological polar surface area (TPSA) is 55.1 Å². The van der Waals surface area contributed by atoms with Crippen molar-refractivity contribution in [2.45, 2.75) is 45.1 Å². The first-order valence-corrected chi connectivity index (χ1v) is 7.24. The van der Waals surface area contributed by atoms with Crippen LogP contribution in [0.5, 0.6) is 0 Å². The molecule has 0 aliphatic heterocycles. The Morgan fingerprint density at radius 1 is 1.32 bits per heavy atom. The highest BCUT2D eigenvalue weighted by molar-refractivity contribution is 5.78. The highest BCUT2D eigenvalue weighted by atomic mass is 16.1. The van der Waals surface area contributed by atoms with Crippen LogP contribution in [0.4, 0.5) is 0 Å². The molecule has 0 radical (unpaired) electrons. The lowest BCUT2D eigenvalue weighted by Crippen LogP contribution is -2.38. The van der Waals surface area contributed by atoms with Gasteiger partial charge in [-0.25, -0.2) is 0 Å². The molecular formula is C16H24N2O. The summed E-state index contributed by atoms with van der Waals surface area (Å²) in [7, 11) is 0. The molecule has 1 aromatic carbocycles. The fourth-order valence-corrected chi connectivity index (χ4v) is 2.69. The standard InChI is InChI=1S/C16H24N2O/c1-12-5-7-13(8-6-12)9-10-18-16(19)14-3-2-4-15(17)11-14/h5-8,14-15H,2-4,9-11,17H2,1H3,(H,18,19). The molecular weight excluding hydrogens is 236 g/mol. The van der Waals surface area contributed by atoms with E-state index in [1.54, 1.807) is 0 Å². The monoisotopic (exact) mass is 260 g/mol. The van der Waals surface area contributed by atoms with Crippen LogP contribution in [-0.2, 0) is 11.2 Å². The zero-order chi connectivity index (χ0) is 13.7. The Balaban J connectivity index is 1.73. The van der Waals surface area contributed by atoms with Gasteiger partial charge in [-0.15, -0.1) is 0 Å². The van der Waals surface area contributed by atoms with Gasteiger partial charge in [0.05, 0.1) is 0 Å². The fraction of sp³-hybridized carbons (Fsp3) is 0.562. The second kappa shape index (κ2) is 6.71. The minimum Gasteiger partial charge on any atom is -0.356 e. The SMILES string of the molecule is Cc1ccc(CCNC(=O)C2CCCC(N)C2)cc1. The number of nitrogens with one attached hydrogen (secondary N) is 1. The molecule has 3 nitrogen and oxygen atoms in total. The Bertz CT molecular complexity index is 413. The summed E-state index contributed by atoms with van der Waals surface area (Å²) in [6.45, 7) is 2.80. The van der Waals surface area contributed by atoms with Gasteiger partial charge >= 0.3 is 0 Å². The van der Waals surface area contributed by atoms with Crippen LogP contribution in [0.2, 0.25) is 0 Å². The van der Waals surface area contributed by atoms with Crippen LogP contribution in [0.1, 0.15) is 36.8 Å². The predicted molar refractivity (Wildman–Crippen MR) is 77.8 cm³/mol. The van der Waals surface area contributed by atoms with E-state index in [1.165, 1.54) is 11.1 Å². The zero-order valence-electron chi connectivity index (χ0n) is 11.7. The van der Waals surface area contributed by atoms with Gasteiger partial charge in [-0.3, -0.25) is 4.79 Å². The number of nitrogens with two attached hydrogens (primary N) is 1. The van der Waals surface area contributed by atoms with Crippen LogP contribution < -0.4 is 11.1 Å². The van der Waals surface area contributed by atoms with Gasteiger partial charge in [-0.2, -0.15) is 0 Å². The highest BCUT2D eigenvalue weighted by Gasteiger charge is 2.24. The number of rotatable bonds is 4. The van der Waals surface area contributed by atoms with Gasteiger partial charge in [-0.1, -0.05) is 36.2 Å². The normalized spacial score (nSPS) is 23.1. The summed E-state index contributed by atoms with van der Waals surface area (Å²) in [5.41, 5.74) is 8.45. The van der Waals surface area contributed by atoms with E-state index in [9.17, 15) is 4.79 Å². The van der Waals surface area contributed by atoms with Crippen LogP contribution in [-0.4, -0.2) is 18.5 Å². The van der Waals surface area contributed by atoms with Gasteiger partial charge in [0.2, 0.25) is 5.91 Å². The van der Waals surface area contributed by atoms with E-state index < -0.39 is 0 Å². The van der Waals surface area contributed by atoms with Gasteiger partial charge in [0.25, 0.3) is 0 Å². The van der Waals surface area contributed by atoms with E-state index in [0.717, 1.165) is 32.1 Å². The molecule has 1 aliphatic carbocycles. The first-order valence-electron chi connectivity index (χ1n) is 7.24. The third-order valence-corrected chi connectivity index (χ3v) is 3.92. The summed E-state index contributed by atoms with van der Waals surface area (Å²) < 4.78 is 0. The smallest absolute Gasteiger partial charge is 0.223 e. The molecule has 104 valence electrons. The molecule has 1 saturated carbocycles. The number of aryl methyl sites for hydroxylation is 1. The van der Waals surface area contributed by atoms with Gasteiger partial charge < -0.3 is 11.1 Å². The van der Waals surface area contributed by atoms with Gasteiger partial charge in [0.15, 0.2) is 0 Å². The van der Waals surface area contributed by atoms with Crippen molar-refractivity contribution in [2.75, 3.05) is 6.54 Å². The van der Waals surface area contributed by atoms with Crippen molar-refractivity contribution in [3.05, 3.63) is 35.4 Å². The summed E-state index contributed by atoms with van der Waals surface area (Å²) in [5.74, 6) is 0.309. The van der Waals surface area contributed by atoms with Crippen molar-refractivity contribution in [2.24, 2.45) is 11.7 Å². The van der Waals surface area contributed by atoms with Crippen molar-refractivity contribution in [1.29, 1.82) is 0 Å². The fourth-order valence-electron chi connectivity index (χ4n) is 2.69. The van der Waals surface area contributed by atoms with E-state index in [2.05, 4.69) is 36.5 Å². The lowest BCUT2D eigenvalue weighted by Gasteiger charge is -2.25. The number of hydrogen-bond donors (Lipinski definition) is 2. The first kappa shape index (κ1) is 14.1. The molecule has 0 aromatic heterocycles. The maximum atomic E-state index is 12.0. The second-order valence-corrected chi connectivity index (χ2v) is 5.65. The van der Waals surface area contributed by atoms with Crippen LogP contribution >= 0.6 is 0 Å². The second-order valence-electron chi connectivity index (χ2n) is 5.65. The number of carbonyl (C=O) groups is 1. The molecule has 0 saturated heterocycles. The van der Waals surface area contributed by atoms with Crippen molar-refractivity contribution < 1.29 is 4.79 Å². The molecule has 0 spiro atoms. The summed E-state index contributed by atoms with van der Waals surface area (Å²) in [4.78, 5) is 12.0. The van der Waals surface area contributed by atoms with Crippen LogP contribution in [0, 0.1) is 12.8 Å². The molecule has 1 aromatic rings. The number of hydrogen-bond acceptors (Lipinski definition) is 2. The number of benzene rings is 1. The Kier molecular flexibility index (Phi) is 4.97. The predicted octanol–water partition coefficient (Wildman–Crippen LogP) is 2.17. The number of amides is 1. The van der Waals surface area contributed by atoms with Crippen LogP contribution in [0.3, 0.4) is 0 Å². The molecule has 1 aliphatic rings. The molecule has 19 heavy (non-hydrogen) atoms. The third-order valence-electron chi connectivity index (χ3n) is 3.92. The van der Waals surface area contributed by atoms with Crippen molar-refractivity contribution in [3.8, 4) is 0 Å². The zero-order valence-corrected chi connectivity index (χ0v) is 11.7. The molecule has 3 N–H and O–H groups in total. The summed E-state index contributed by atoms with van der Waals surface area (Å²) in [6.07, 6.45) is 4.87. The van der Waals surface area contributed by atoms with E-state index in [0.29, 0.717) is 6.54 Å². The lowest BCUT2D eigenvalue weighted by molar-refractivity contribution is -0.126. The van der Waals surface area contributed by atoms with Gasteiger partial charge in [0, 0.05) is 18.5 Å². The van der Waals surface area contributed by atoms with Crippen LogP contribution in [0.15, 0.2) is 24.3 Å². The van der Waals surface area contributed by atoms with Crippen molar-refractivity contribution in [3.63, 3.8) is 0 Å². The summed E-state index contributed by atoms with van der Waals surface area (Å²) >= 11 is 0. The minimum absolute atomic E-state index is 0.127. The van der Waals surface area contributed by atoms with E-state index in [-0.39, 0.29) is 17.9 Å². The van der Waals surface area contributed by atoms with E-state index in [4.69, 9.17) is 5.73 Å². The van der Waals surface area contributed by atoms with Crippen molar-refractivity contribution >= 4 is 5.91 Å². The average molecular weight is 260 g/mol. The maximum Gasteiger partial charge on any atom is 0.223 e. The average Bonchev–Trinajstić information content (AvgIpc) is 2.41. The largest absolute Gasteiger partial charge is 0.356 e. The maximum absolute atomic E-state index is 12.0. The van der Waals surface area contributed by atoms with Crippen LogP contribution in [0.25, 0.3) is 0 Å². The quantitative estimate of drug-likeness (QED) is 0.871. The van der Waals surface area contributed by atoms with E-state index >= 15 is 0 Å². The molecule has 0 bridgehead atoms. The molecule has 1 amide bonds. The first-order chi connectivity index (χ1) is 9.15. The molecule has 2 unspecified atom stereocenters. The summed E-state index contributed by atoms with van der Waals surface area (Å²) in [6, 6.07) is 8.67. The molecule has 2 rings (SSSR count). The van der Waals surface area contributed by atoms with Crippen molar-refractivity contribution in [1.82, 2.24) is 5.32 Å². The van der Waals surface area contributed by atoms with Gasteiger partial charge in [-0.05, 0) is 38.2 Å². The Morgan fingerprint density at radius 2 is 2.05 bits per heavy atom. The minimum atomic E-state index is 0.127.